The molecule has 2 heterocycles. The van der Waals surface area contributed by atoms with Gasteiger partial charge in [0.15, 0.2) is 0 Å². The zero-order chi connectivity index (χ0) is 12.5. The summed E-state index contributed by atoms with van der Waals surface area (Å²) in [7, 11) is 0. The van der Waals surface area contributed by atoms with Gasteiger partial charge in [0.25, 0.3) is 5.88 Å². The van der Waals surface area contributed by atoms with Crippen LogP contribution in [0.15, 0.2) is 41.1 Å². The molecule has 0 saturated carbocycles. The van der Waals surface area contributed by atoms with Gasteiger partial charge in [-0.1, -0.05) is 15.9 Å². The highest BCUT2D eigenvalue weighted by Crippen LogP contribution is 2.24. The monoisotopic (exact) mass is 304 g/mol. The first kappa shape index (κ1) is 11.2. The Balaban J connectivity index is 2.02. The summed E-state index contributed by atoms with van der Waals surface area (Å²) < 4.78 is 8.54. The van der Waals surface area contributed by atoms with Crippen molar-refractivity contribution in [3.8, 4) is 11.6 Å². The quantitative estimate of drug-likeness (QED) is 0.730. The fourth-order valence-corrected chi connectivity index (χ4v) is 1.87. The number of nitrogens with zero attached hydrogens (tertiary/aromatic N) is 4. The van der Waals surface area contributed by atoms with Crippen LogP contribution in [0, 0.1) is 6.92 Å². The van der Waals surface area contributed by atoms with Crippen LogP contribution in [0.4, 0.5) is 0 Å². The van der Waals surface area contributed by atoms with Gasteiger partial charge in [0.05, 0.1) is 0 Å². The zero-order valence-corrected chi connectivity index (χ0v) is 11.1. The van der Waals surface area contributed by atoms with E-state index < -0.39 is 0 Å². The molecule has 2 aromatic heterocycles. The molecule has 0 spiro atoms. The minimum atomic E-state index is 0.445. The fraction of sp³-hybridized carbons (Fsp3) is 0.0833. The van der Waals surface area contributed by atoms with Gasteiger partial charge in [-0.05, 0) is 31.2 Å². The van der Waals surface area contributed by atoms with E-state index in [1.54, 1.807) is 12.4 Å². The fourth-order valence-electron chi connectivity index (χ4n) is 1.61. The predicted molar refractivity (Wildman–Crippen MR) is 69.7 cm³/mol. The van der Waals surface area contributed by atoms with E-state index in [9.17, 15) is 0 Å². The number of rotatable bonds is 2. The maximum Gasteiger partial charge on any atom is 0.265 e. The number of aryl methyl sites for hydroxylation is 1. The van der Waals surface area contributed by atoms with E-state index in [1.807, 2.05) is 35.6 Å². The molecule has 0 aliphatic carbocycles. The Morgan fingerprint density at radius 1 is 1.17 bits per heavy atom. The van der Waals surface area contributed by atoms with Crippen LogP contribution in [0.25, 0.3) is 5.65 Å². The van der Waals surface area contributed by atoms with E-state index >= 15 is 0 Å². The smallest absolute Gasteiger partial charge is 0.265 e. The molecule has 0 saturated heterocycles. The highest BCUT2D eigenvalue weighted by molar-refractivity contribution is 9.10. The summed E-state index contributed by atoms with van der Waals surface area (Å²) in [6, 6.07) is 7.53. The molecule has 6 heteroatoms. The van der Waals surface area contributed by atoms with Crippen molar-refractivity contribution in [3.63, 3.8) is 0 Å². The predicted octanol–water partition coefficient (Wildman–Crippen LogP) is 2.99. The van der Waals surface area contributed by atoms with Gasteiger partial charge < -0.3 is 4.74 Å². The van der Waals surface area contributed by atoms with Crippen molar-refractivity contribution in [2.75, 3.05) is 0 Å². The van der Waals surface area contributed by atoms with Crippen LogP contribution in [-0.4, -0.2) is 19.6 Å². The van der Waals surface area contributed by atoms with Crippen molar-refractivity contribution in [2.45, 2.75) is 6.92 Å². The molecule has 3 rings (SSSR count). The molecule has 0 radical (unpaired) electrons. The van der Waals surface area contributed by atoms with Gasteiger partial charge in [0.2, 0.25) is 5.65 Å². The molecule has 1 aromatic carbocycles. The Morgan fingerprint density at radius 2 is 1.94 bits per heavy atom. The van der Waals surface area contributed by atoms with E-state index in [4.69, 9.17) is 4.74 Å². The second kappa shape index (κ2) is 4.38. The lowest BCUT2D eigenvalue weighted by molar-refractivity contribution is 0.464. The molecule has 0 bridgehead atoms. The van der Waals surface area contributed by atoms with Gasteiger partial charge in [-0.2, -0.15) is 0 Å². The first-order valence-corrected chi connectivity index (χ1v) is 6.13. The third-order valence-corrected chi connectivity index (χ3v) is 3.02. The number of ether oxygens (including phenoxy) is 1. The van der Waals surface area contributed by atoms with Crippen LogP contribution in [0.5, 0.6) is 11.6 Å². The standard InChI is InChI=1S/C12H9BrN4O/c1-8-15-16-11-12(14-6-7-17(8)11)18-10-4-2-9(13)3-5-10/h2-7H,1H3. The van der Waals surface area contributed by atoms with Crippen LogP contribution < -0.4 is 4.74 Å². The zero-order valence-electron chi connectivity index (χ0n) is 9.54. The Hall–Kier alpha value is -1.95. The second-order valence-corrected chi connectivity index (χ2v) is 4.64. The largest absolute Gasteiger partial charge is 0.436 e. The van der Waals surface area contributed by atoms with Gasteiger partial charge >= 0.3 is 0 Å². The Morgan fingerprint density at radius 3 is 2.72 bits per heavy atom. The molecule has 90 valence electrons. The number of halogens is 1. The molecule has 3 aromatic rings. The minimum absolute atomic E-state index is 0.445. The molecular formula is C12H9BrN4O. The summed E-state index contributed by atoms with van der Waals surface area (Å²) in [5.74, 6) is 1.95. The Bertz CT molecular complexity index is 693. The molecule has 0 amide bonds. The van der Waals surface area contributed by atoms with Crippen molar-refractivity contribution in [1.82, 2.24) is 19.6 Å². The molecule has 18 heavy (non-hydrogen) atoms. The van der Waals surface area contributed by atoms with Gasteiger partial charge in [-0.3, -0.25) is 4.40 Å². The van der Waals surface area contributed by atoms with Gasteiger partial charge in [-0.15, -0.1) is 10.2 Å². The summed E-state index contributed by atoms with van der Waals surface area (Å²) >= 11 is 3.38. The normalized spacial score (nSPS) is 10.8. The summed E-state index contributed by atoms with van der Waals surface area (Å²) in [6.07, 6.45) is 3.47. The summed E-state index contributed by atoms with van der Waals surface area (Å²) in [4.78, 5) is 4.18. The first-order chi connectivity index (χ1) is 8.74. The minimum Gasteiger partial charge on any atom is -0.436 e. The van der Waals surface area contributed by atoms with E-state index in [0.717, 1.165) is 10.3 Å². The SMILES string of the molecule is Cc1nnc2c(Oc3ccc(Br)cc3)nccn12. The first-order valence-electron chi connectivity index (χ1n) is 5.34. The molecule has 0 aliphatic heterocycles. The molecule has 5 nitrogen and oxygen atoms in total. The lowest BCUT2D eigenvalue weighted by atomic mass is 10.3. The molecule has 0 unspecified atom stereocenters. The Labute approximate surface area is 112 Å². The Kier molecular flexibility index (Phi) is 2.71. The molecule has 0 atom stereocenters. The van der Waals surface area contributed by atoms with Crippen molar-refractivity contribution < 1.29 is 4.74 Å². The van der Waals surface area contributed by atoms with Gasteiger partial charge in [0.1, 0.15) is 11.6 Å². The maximum atomic E-state index is 5.70. The molecule has 0 aliphatic rings. The lowest BCUT2D eigenvalue weighted by Gasteiger charge is -2.05. The second-order valence-electron chi connectivity index (χ2n) is 3.73. The number of aromatic nitrogens is 4. The molecule has 0 fully saturated rings. The lowest BCUT2D eigenvalue weighted by Crippen LogP contribution is -1.94. The summed E-state index contributed by atoms with van der Waals surface area (Å²) in [5.41, 5.74) is 0.609. The van der Waals surface area contributed by atoms with Crippen molar-refractivity contribution in [1.29, 1.82) is 0 Å². The number of hydrogen-bond donors (Lipinski definition) is 0. The highest BCUT2D eigenvalue weighted by atomic mass is 79.9. The topological polar surface area (TPSA) is 52.3 Å². The number of benzene rings is 1. The summed E-state index contributed by atoms with van der Waals surface area (Å²) in [5, 5.41) is 8.05. The molecular weight excluding hydrogens is 296 g/mol. The van der Waals surface area contributed by atoms with E-state index in [-0.39, 0.29) is 0 Å². The van der Waals surface area contributed by atoms with Crippen LogP contribution >= 0.6 is 15.9 Å². The number of fused-ring (bicyclic) bond motifs is 1. The maximum absolute atomic E-state index is 5.70. The van der Waals surface area contributed by atoms with E-state index in [1.165, 1.54) is 0 Å². The average Bonchev–Trinajstić information content (AvgIpc) is 2.76. The van der Waals surface area contributed by atoms with Crippen LogP contribution in [-0.2, 0) is 0 Å². The van der Waals surface area contributed by atoms with Gasteiger partial charge in [-0.25, -0.2) is 4.98 Å². The van der Waals surface area contributed by atoms with E-state index in [2.05, 4.69) is 31.1 Å². The van der Waals surface area contributed by atoms with Crippen LogP contribution in [0.2, 0.25) is 0 Å². The van der Waals surface area contributed by atoms with Crippen molar-refractivity contribution in [3.05, 3.63) is 47.0 Å². The summed E-state index contributed by atoms with van der Waals surface area (Å²) in [6.45, 7) is 1.88. The third kappa shape index (κ3) is 1.95. The third-order valence-electron chi connectivity index (χ3n) is 2.49. The number of hydrogen-bond acceptors (Lipinski definition) is 4. The average molecular weight is 305 g/mol. The van der Waals surface area contributed by atoms with Crippen molar-refractivity contribution in [2.24, 2.45) is 0 Å². The van der Waals surface area contributed by atoms with Gasteiger partial charge in [0, 0.05) is 16.9 Å². The molecule has 0 N–H and O–H groups in total. The van der Waals surface area contributed by atoms with E-state index in [0.29, 0.717) is 17.3 Å². The van der Waals surface area contributed by atoms with Crippen molar-refractivity contribution >= 4 is 21.6 Å². The highest BCUT2D eigenvalue weighted by Gasteiger charge is 2.09. The van der Waals surface area contributed by atoms with Crippen LogP contribution in [0.3, 0.4) is 0 Å². The van der Waals surface area contributed by atoms with Crippen LogP contribution in [0.1, 0.15) is 5.82 Å².